The maximum atomic E-state index is 12.8. The highest BCUT2D eigenvalue weighted by molar-refractivity contribution is 7.99. The second kappa shape index (κ2) is 9.63. The van der Waals surface area contributed by atoms with Gasteiger partial charge in [-0.05, 0) is 42.3 Å². The molecule has 2 aromatic rings. The molecule has 1 aromatic carbocycles. The molecule has 0 aliphatic carbocycles. The molecule has 2 aliphatic rings. The van der Waals surface area contributed by atoms with Crippen LogP contribution in [0, 0.1) is 6.92 Å². The average molecular weight is 467 g/mol. The van der Waals surface area contributed by atoms with Gasteiger partial charge in [0.25, 0.3) is 0 Å². The van der Waals surface area contributed by atoms with Crippen molar-refractivity contribution in [1.82, 2.24) is 29.4 Å². The van der Waals surface area contributed by atoms with Crippen LogP contribution in [-0.2, 0) is 26.1 Å². The van der Waals surface area contributed by atoms with Crippen molar-refractivity contribution in [2.75, 3.05) is 38.5 Å². The molecular formula is C19H26N6O4S2. The maximum Gasteiger partial charge on any atom is 0.243 e. The topological polar surface area (TPSA) is 111 Å². The van der Waals surface area contributed by atoms with Crippen LogP contribution in [0.25, 0.3) is 0 Å². The Morgan fingerprint density at radius 1 is 1.19 bits per heavy atom. The van der Waals surface area contributed by atoms with Crippen molar-refractivity contribution >= 4 is 27.7 Å². The fraction of sp³-hybridized carbons (Fsp3) is 0.579. The summed E-state index contributed by atoms with van der Waals surface area (Å²) in [5, 5.41) is 12.3. The Kier molecular flexibility index (Phi) is 6.89. The summed E-state index contributed by atoms with van der Waals surface area (Å²) in [6.07, 6.45) is 2.14. The van der Waals surface area contributed by atoms with Crippen molar-refractivity contribution in [3.63, 3.8) is 0 Å². The van der Waals surface area contributed by atoms with E-state index in [1.54, 1.807) is 33.8 Å². The molecule has 31 heavy (non-hydrogen) atoms. The number of carbonyl (C=O) groups is 1. The first-order valence-electron chi connectivity index (χ1n) is 10.3. The number of sulfonamides is 1. The molecule has 12 heteroatoms. The molecule has 2 fully saturated rings. The average Bonchev–Trinajstić information content (AvgIpc) is 3.45. The molecule has 1 amide bonds. The number of benzene rings is 1. The fourth-order valence-electron chi connectivity index (χ4n) is 3.65. The minimum Gasteiger partial charge on any atom is -0.376 e. The van der Waals surface area contributed by atoms with Crippen molar-refractivity contribution < 1.29 is 17.9 Å². The second-order valence-corrected chi connectivity index (χ2v) is 10.5. The van der Waals surface area contributed by atoms with E-state index in [1.165, 1.54) is 16.1 Å². The number of hydrogen-bond acceptors (Lipinski definition) is 8. The van der Waals surface area contributed by atoms with Crippen molar-refractivity contribution in [2.24, 2.45) is 0 Å². The predicted molar refractivity (Wildman–Crippen MR) is 114 cm³/mol. The van der Waals surface area contributed by atoms with Gasteiger partial charge < -0.3 is 9.64 Å². The third-order valence-corrected chi connectivity index (χ3v) is 8.33. The molecule has 0 radical (unpaired) electrons. The van der Waals surface area contributed by atoms with E-state index in [1.807, 2.05) is 6.92 Å². The normalized spacial score (nSPS) is 20.3. The first-order chi connectivity index (χ1) is 14.9. The van der Waals surface area contributed by atoms with Crippen LogP contribution in [0.3, 0.4) is 0 Å². The van der Waals surface area contributed by atoms with Gasteiger partial charge in [-0.2, -0.15) is 4.31 Å². The van der Waals surface area contributed by atoms with Crippen LogP contribution in [-0.4, -0.2) is 88.4 Å². The van der Waals surface area contributed by atoms with Gasteiger partial charge in [-0.3, -0.25) is 4.79 Å². The Morgan fingerprint density at radius 3 is 2.61 bits per heavy atom. The lowest BCUT2D eigenvalue weighted by Gasteiger charge is -2.34. The summed E-state index contributed by atoms with van der Waals surface area (Å²) in [6.45, 7) is 4.56. The molecule has 1 unspecified atom stereocenters. The van der Waals surface area contributed by atoms with E-state index in [2.05, 4.69) is 15.5 Å². The summed E-state index contributed by atoms with van der Waals surface area (Å²) in [5.74, 6) is 0.153. The van der Waals surface area contributed by atoms with Gasteiger partial charge in [0.1, 0.15) is 0 Å². The minimum absolute atomic E-state index is 0.0518. The van der Waals surface area contributed by atoms with Crippen LogP contribution < -0.4 is 0 Å². The Morgan fingerprint density at radius 2 is 1.94 bits per heavy atom. The second-order valence-electron chi connectivity index (χ2n) is 7.67. The molecule has 168 valence electrons. The van der Waals surface area contributed by atoms with Gasteiger partial charge in [0.2, 0.25) is 21.1 Å². The van der Waals surface area contributed by atoms with Crippen LogP contribution in [0.15, 0.2) is 34.3 Å². The number of hydrogen-bond donors (Lipinski definition) is 0. The van der Waals surface area contributed by atoms with Crippen molar-refractivity contribution in [3.8, 4) is 0 Å². The Bertz CT molecular complexity index is 997. The summed E-state index contributed by atoms with van der Waals surface area (Å²) in [4.78, 5) is 14.6. The highest BCUT2D eigenvalue weighted by Crippen LogP contribution is 2.21. The quantitative estimate of drug-likeness (QED) is 0.551. The highest BCUT2D eigenvalue weighted by Gasteiger charge is 2.30. The van der Waals surface area contributed by atoms with Crippen molar-refractivity contribution in [1.29, 1.82) is 0 Å². The number of ether oxygens (including phenoxy) is 1. The number of nitrogens with zero attached hydrogens (tertiary/aromatic N) is 6. The summed E-state index contributed by atoms with van der Waals surface area (Å²) in [7, 11) is -3.54. The number of amides is 1. The Balaban J connectivity index is 1.28. The number of carbonyl (C=O) groups excluding carboxylic acids is 1. The third-order valence-electron chi connectivity index (χ3n) is 5.47. The summed E-state index contributed by atoms with van der Waals surface area (Å²) in [6, 6.07) is 6.83. The number of thioether (sulfide) groups is 1. The van der Waals surface area contributed by atoms with Crippen LogP contribution in [0.1, 0.15) is 18.4 Å². The fourth-order valence-corrected chi connectivity index (χ4v) is 5.86. The van der Waals surface area contributed by atoms with Crippen molar-refractivity contribution in [3.05, 3.63) is 29.8 Å². The standard InChI is InChI=1S/C19H26N6O4S2/c1-15-4-6-17(7-5-15)31(27,28)24-10-8-23(9-11-24)18(26)14-30-19-20-21-22-25(19)13-16-3-2-12-29-16/h4-7,16H,2-3,8-14H2,1H3. The van der Waals surface area contributed by atoms with Gasteiger partial charge >= 0.3 is 0 Å². The van der Waals surface area contributed by atoms with Gasteiger partial charge in [-0.15, -0.1) is 5.10 Å². The van der Waals surface area contributed by atoms with Crippen LogP contribution in [0.5, 0.6) is 0 Å². The first kappa shape index (κ1) is 22.2. The third kappa shape index (κ3) is 5.25. The number of aromatic nitrogens is 4. The van der Waals surface area contributed by atoms with Crippen LogP contribution in [0.2, 0.25) is 0 Å². The summed E-state index contributed by atoms with van der Waals surface area (Å²) in [5.41, 5.74) is 1.01. The molecule has 4 rings (SSSR count). The molecule has 1 aromatic heterocycles. The van der Waals surface area contributed by atoms with E-state index in [9.17, 15) is 13.2 Å². The molecule has 10 nitrogen and oxygen atoms in total. The lowest BCUT2D eigenvalue weighted by Crippen LogP contribution is -2.51. The van der Waals surface area contributed by atoms with E-state index in [0.29, 0.717) is 24.8 Å². The number of piperazine rings is 1. The molecule has 2 saturated heterocycles. The number of tetrazole rings is 1. The van der Waals surface area contributed by atoms with Gasteiger partial charge in [-0.1, -0.05) is 29.5 Å². The van der Waals surface area contributed by atoms with Crippen molar-refractivity contribution in [2.45, 2.75) is 42.5 Å². The lowest BCUT2D eigenvalue weighted by atomic mass is 10.2. The lowest BCUT2D eigenvalue weighted by molar-refractivity contribution is -0.129. The zero-order valence-corrected chi connectivity index (χ0v) is 19.0. The molecule has 2 aliphatic heterocycles. The van der Waals surface area contributed by atoms with Gasteiger partial charge in [0.15, 0.2) is 0 Å². The molecule has 0 N–H and O–H groups in total. The van der Waals surface area contributed by atoms with E-state index in [0.717, 1.165) is 25.0 Å². The van der Waals surface area contributed by atoms with E-state index >= 15 is 0 Å². The molecule has 0 spiro atoms. The smallest absolute Gasteiger partial charge is 0.243 e. The monoisotopic (exact) mass is 466 g/mol. The summed E-state index contributed by atoms with van der Waals surface area (Å²) >= 11 is 1.29. The molecule has 0 bridgehead atoms. The summed E-state index contributed by atoms with van der Waals surface area (Å²) < 4.78 is 34.4. The van der Waals surface area contributed by atoms with Gasteiger partial charge in [0, 0.05) is 32.8 Å². The molecule has 1 atom stereocenters. The molecule has 3 heterocycles. The van der Waals surface area contributed by atoms with E-state index in [4.69, 9.17) is 4.74 Å². The van der Waals surface area contributed by atoms with Crippen LogP contribution in [0.4, 0.5) is 0 Å². The zero-order chi connectivity index (χ0) is 21.8. The predicted octanol–water partition coefficient (Wildman–Crippen LogP) is 0.786. The molecular weight excluding hydrogens is 440 g/mol. The highest BCUT2D eigenvalue weighted by atomic mass is 32.2. The van der Waals surface area contributed by atoms with E-state index in [-0.39, 0.29) is 35.7 Å². The van der Waals surface area contributed by atoms with Gasteiger partial charge in [-0.25, -0.2) is 13.1 Å². The number of rotatable bonds is 7. The SMILES string of the molecule is Cc1ccc(S(=O)(=O)N2CCN(C(=O)CSc3nnnn3CC3CCCO3)CC2)cc1. The Hall–Kier alpha value is -2.02. The van der Waals surface area contributed by atoms with Gasteiger partial charge in [0.05, 0.1) is 23.3 Å². The number of aryl methyl sites for hydroxylation is 1. The van der Waals surface area contributed by atoms with E-state index < -0.39 is 10.0 Å². The van der Waals surface area contributed by atoms with Crippen LogP contribution >= 0.6 is 11.8 Å². The largest absolute Gasteiger partial charge is 0.376 e. The molecule has 0 saturated carbocycles. The maximum absolute atomic E-state index is 12.8. The Labute approximate surface area is 186 Å². The zero-order valence-electron chi connectivity index (χ0n) is 17.4. The minimum atomic E-state index is -3.54. The first-order valence-corrected chi connectivity index (χ1v) is 12.7.